The first-order chi connectivity index (χ1) is 24.8. The summed E-state index contributed by atoms with van der Waals surface area (Å²) >= 11 is 0. The molecule has 0 saturated carbocycles. The number of nitrogens with one attached hydrogen (secondary N) is 1. The third-order valence-electron chi connectivity index (χ3n) is 8.58. The quantitative estimate of drug-likeness (QED) is 0.0993. The lowest BCUT2D eigenvalue weighted by Gasteiger charge is -2.28. The van der Waals surface area contributed by atoms with Crippen LogP contribution in [0.2, 0.25) is 0 Å². The second-order valence-corrected chi connectivity index (χ2v) is 13.8. The molecule has 262 valence electrons. The van der Waals surface area contributed by atoms with Crippen LogP contribution in [0.15, 0.2) is 109 Å². The molecule has 13 nitrogen and oxygen atoms in total. The number of aryl methyl sites for hydroxylation is 1. The number of nitrogens with zero attached hydrogens (tertiary/aromatic N) is 4. The van der Waals surface area contributed by atoms with E-state index in [1.165, 1.54) is 6.33 Å². The van der Waals surface area contributed by atoms with Gasteiger partial charge in [0, 0.05) is 11.8 Å². The van der Waals surface area contributed by atoms with Crippen molar-refractivity contribution in [2.45, 2.75) is 50.8 Å². The summed E-state index contributed by atoms with van der Waals surface area (Å²) in [4.78, 5) is 26.8. The Hall–Kier alpha value is -5.17. The Kier molecular flexibility index (Phi) is 10.1. The average Bonchev–Trinajstić information content (AvgIpc) is 3.75. The minimum Gasteiger partial charge on any atom is -0.460 e. The molecule has 0 radical (unpaired) electrons. The van der Waals surface area contributed by atoms with Gasteiger partial charge in [-0.05, 0) is 35.9 Å². The lowest BCUT2D eigenvalue weighted by molar-refractivity contribution is -0.147. The number of benzene rings is 4. The highest BCUT2D eigenvalue weighted by Crippen LogP contribution is 2.51. The van der Waals surface area contributed by atoms with Crippen LogP contribution in [0.1, 0.15) is 29.6 Å². The van der Waals surface area contributed by atoms with Crippen molar-refractivity contribution in [3.63, 3.8) is 0 Å². The molecule has 2 aromatic heterocycles. The molecule has 1 unspecified atom stereocenters. The van der Waals surface area contributed by atoms with Crippen LogP contribution in [-0.2, 0) is 36.4 Å². The number of carbonyl (C=O) groups is 1. The predicted molar refractivity (Wildman–Crippen MR) is 190 cm³/mol. The fourth-order valence-corrected chi connectivity index (χ4v) is 7.85. The Morgan fingerprint density at radius 2 is 1.71 bits per heavy atom. The molecular weight excluding hydrogens is 671 g/mol. The summed E-state index contributed by atoms with van der Waals surface area (Å²) < 4.78 is 41.4. The molecule has 0 bridgehead atoms. The molecule has 1 saturated heterocycles. The molecule has 4 aromatic carbocycles. The van der Waals surface area contributed by atoms with Gasteiger partial charge in [-0.15, -0.1) is 0 Å². The lowest BCUT2D eigenvalue weighted by Crippen LogP contribution is -2.41. The zero-order valence-corrected chi connectivity index (χ0v) is 28.6. The number of fused-ring (bicyclic) bond motifs is 2. The van der Waals surface area contributed by atoms with Gasteiger partial charge in [0.2, 0.25) is 0 Å². The number of esters is 1. The first-order valence-corrected chi connectivity index (χ1v) is 18.0. The maximum Gasteiger partial charge on any atom is 0.459 e. The third-order valence-corrected chi connectivity index (χ3v) is 10.2. The summed E-state index contributed by atoms with van der Waals surface area (Å²) in [6.45, 7) is 1.28. The number of anilines is 1. The van der Waals surface area contributed by atoms with Crippen molar-refractivity contribution < 1.29 is 33.0 Å². The Bertz CT molecular complexity index is 2180. The van der Waals surface area contributed by atoms with Gasteiger partial charge in [0.15, 0.2) is 11.5 Å². The van der Waals surface area contributed by atoms with E-state index in [2.05, 4.69) is 20.0 Å². The number of carbonyl (C=O) groups excluding carboxylic acids is 1. The van der Waals surface area contributed by atoms with Gasteiger partial charge in [0.25, 0.3) is 0 Å². The van der Waals surface area contributed by atoms with Gasteiger partial charge in [-0.3, -0.25) is 13.9 Å². The molecule has 4 N–H and O–H groups in total. The average molecular weight is 709 g/mol. The van der Waals surface area contributed by atoms with E-state index >= 15 is 4.57 Å². The first kappa shape index (κ1) is 34.3. The molecule has 0 aliphatic carbocycles. The maximum absolute atomic E-state index is 15.2. The Morgan fingerprint density at radius 3 is 2.47 bits per heavy atom. The van der Waals surface area contributed by atoms with Gasteiger partial charge in [0.1, 0.15) is 48.2 Å². The molecule has 1 aliphatic heterocycles. The summed E-state index contributed by atoms with van der Waals surface area (Å²) in [6.07, 6.45) is -0.811. The van der Waals surface area contributed by atoms with Gasteiger partial charge in [-0.2, -0.15) is 5.09 Å². The van der Waals surface area contributed by atoms with Gasteiger partial charge in [0.05, 0.1) is 12.9 Å². The van der Waals surface area contributed by atoms with Crippen molar-refractivity contribution in [2.75, 3.05) is 12.3 Å². The lowest BCUT2D eigenvalue weighted by atomic mass is 10.1. The minimum absolute atomic E-state index is 0.0130. The largest absolute Gasteiger partial charge is 0.460 e. The van der Waals surface area contributed by atoms with Crippen LogP contribution >= 0.6 is 7.75 Å². The van der Waals surface area contributed by atoms with Gasteiger partial charge in [-0.1, -0.05) is 97.1 Å². The van der Waals surface area contributed by atoms with Gasteiger partial charge in [-0.25, -0.2) is 19.5 Å². The van der Waals surface area contributed by atoms with Crippen molar-refractivity contribution >= 4 is 41.5 Å². The van der Waals surface area contributed by atoms with Gasteiger partial charge >= 0.3 is 13.7 Å². The Balaban J connectivity index is 1.22. The zero-order chi connectivity index (χ0) is 35.4. The highest BCUT2D eigenvalue weighted by Gasteiger charge is 2.45. The molecule has 5 atom stereocenters. The highest BCUT2D eigenvalue weighted by atomic mass is 31.2. The van der Waals surface area contributed by atoms with Crippen molar-refractivity contribution in [3.05, 3.63) is 126 Å². The van der Waals surface area contributed by atoms with E-state index in [1.54, 1.807) is 23.6 Å². The summed E-state index contributed by atoms with van der Waals surface area (Å²) in [5.74, 6) is 0.303. The van der Waals surface area contributed by atoms with Crippen LogP contribution in [0.4, 0.5) is 5.82 Å². The van der Waals surface area contributed by atoms with E-state index in [1.807, 2.05) is 91.0 Å². The van der Waals surface area contributed by atoms with Crippen molar-refractivity contribution in [1.82, 2.24) is 24.6 Å². The number of hydrogen-bond acceptors (Lipinski definition) is 11. The van der Waals surface area contributed by atoms with Crippen LogP contribution in [0.25, 0.3) is 21.9 Å². The van der Waals surface area contributed by atoms with Crippen molar-refractivity contribution in [1.29, 1.82) is 0 Å². The number of nitrogen functional groups attached to an aromatic ring is 1. The zero-order valence-electron chi connectivity index (χ0n) is 27.7. The van der Waals surface area contributed by atoms with E-state index in [0.29, 0.717) is 22.4 Å². The number of ether oxygens (including phenoxy) is 2. The number of aliphatic hydroxyl groups excluding tert-OH is 1. The number of aromatic nitrogens is 4. The standard InChI is InChI=1S/C37H37N6O7P/c1-24-40-35(38)34-36(41-24)43(23-39-34)33-20-31(32(21-44)48-33)50-51(46,49-30-18-10-16-27-15-8-9-17-28(27)30)42-29(19-25-11-4-2-5-12-25)37(45)47-22-26-13-6-3-7-14-26/h2-18,23,29,31-33,44H,19-22H2,1H3,(H,42,46)(H2,38,40,41)/t29-,31+,32+,33+,51?/m0/s1. The van der Waals surface area contributed by atoms with Crippen LogP contribution in [0.5, 0.6) is 5.75 Å². The van der Waals surface area contributed by atoms with E-state index < -0.39 is 44.8 Å². The Morgan fingerprint density at radius 1 is 1.00 bits per heavy atom. The molecule has 6 aromatic rings. The van der Waals surface area contributed by atoms with Crippen molar-refractivity contribution in [3.8, 4) is 5.75 Å². The normalized spacial score (nSPS) is 19.1. The number of rotatable bonds is 13. The SMILES string of the molecule is Cc1nc(N)c2ncn([C@H]3C[C@@H](OP(=O)(N[C@@H](Cc4ccccc4)C(=O)OCc4ccccc4)Oc4cccc5ccccc45)[C@@H](CO)O3)c2n1. The molecule has 3 heterocycles. The molecule has 14 heteroatoms. The van der Waals surface area contributed by atoms with E-state index in [0.717, 1.165) is 16.5 Å². The van der Waals surface area contributed by atoms with E-state index in [9.17, 15) is 9.90 Å². The smallest absolute Gasteiger partial charge is 0.459 e. The number of hydrogen-bond donors (Lipinski definition) is 3. The number of aliphatic hydroxyl groups is 1. The molecule has 0 spiro atoms. The monoisotopic (exact) mass is 708 g/mol. The van der Waals surface area contributed by atoms with Crippen LogP contribution < -0.4 is 15.3 Å². The molecular formula is C37H37N6O7P. The van der Waals surface area contributed by atoms with Crippen LogP contribution in [-0.4, -0.2) is 55.5 Å². The van der Waals surface area contributed by atoms with Gasteiger partial charge < -0.3 is 24.8 Å². The summed E-state index contributed by atoms with van der Waals surface area (Å²) in [5.41, 5.74) is 8.53. The van der Waals surface area contributed by atoms with Crippen molar-refractivity contribution in [2.24, 2.45) is 0 Å². The number of imidazole rings is 1. The molecule has 51 heavy (non-hydrogen) atoms. The van der Waals surface area contributed by atoms with Crippen LogP contribution in [0.3, 0.4) is 0 Å². The summed E-state index contributed by atoms with van der Waals surface area (Å²) in [6, 6.07) is 30.3. The Labute approximate surface area is 294 Å². The molecule has 7 rings (SSSR count). The fourth-order valence-electron chi connectivity index (χ4n) is 6.12. The second kappa shape index (κ2) is 15.0. The maximum atomic E-state index is 15.2. The summed E-state index contributed by atoms with van der Waals surface area (Å²) in [7, 11) is -4.47. The van der Waals surface area contributed by atoms with E-state index in [4.69, 9.17) is 24.3 Å². The number of nitrogens with two attached hydrogens (primary N) is 1. The third kappa shape index (κ3) is 7.78. The second-order valence-electron chi connectivity index (χ2n) is 12.2. The fraction of sp³-hybridized carbons (Fsp3) is 0.243. The molecule has 1 aliphatic rings. The highest BCUT2D eigenvalue weighted by molar-refractivity contribution is 7.52. The topological polar surface area (TPSA) is 173 Å². The molecule has 1 fully saturated rings. The predicted octanol–water partition coefficient (Wildman–Crippen LogP) is 5.67. The first-order valence-electron chi connectivity index (χ1n) is 16.5. The van der Waals surface area contributed by atoms with E-state index in [-0.39, 0.29) is 31.0 Å². The minimum atomic E-state index is -4.47. The summed E-state index contributed by atoms with van der Waals surface area (Å²) in [5, 5.41) is 14.9. The molecule has 0 amide bonds. The van der Waals surface area contributed by atoms with Crippen LogP contribution in [0, 0.1) is 6.92 Å².